The molecule has 0 radical (unpaired) electrons. The lowest BCUT2D eigenvalue weighted by Gasteiger charge is -2.26. The Labute approximate surface area is 140 Å². The maximum Gasteiger partial charge on any atom is 0.411 e. The van der Waals surface area contributed by atoms with Crippen LogP contribution in [-0.4, -0.2) is 43.0 Å². The van der Waals surface area contributed by atoms with Gasteiger partial charge in [-0.3, -0.25) is 5.32 Å². The van der Waals surface area contributed by atoms with Crippen molar-refractivity contribution in [3.05, 3.63) is 42.0 Å². The molecular weight excluding hydrogens is 310 g/mol. The molecule has 0 saturated carbocycles. The van der Waals surface area contributed by atoms with Crippen molar-refractivity contribution >= 4 is 11.8 Å². The van der Waals surface area contributed by atoms with Crippen molar-refractivity contribution in [3.63, 3.8) is 0 Å². The van der Waals surface area contributed by atoms with Gasteiger partial charge in [0.15, 0.2) is 0 Å². The van der Waals surface area contributed by atoms with E-state index in [-0.39, 0.29) is 6.61 Å². The summed E-state index contributed by atoms with van der Waals surface area (Å²) in [6, 6.07) is 5.65. The molecule has 0 fully saturated rings. The van der Waals surface area contributed by atoms with Gasteiger partial charge in [-0.15, -0.1) is 0 Å². The van der Waals surface area contributed by atoms with Crippen LogP contribution in [0.15, 0.2) is 30.7 Å². The van der Waals surface area contributed by atoms with E-state index in [4.69, 9.17) is 14.2 Å². The minimum Gasteiger partial charge on any atom is -0.493 e. The Bertz CT molecular complexity index is 672. The van der Waals surface area contributed by atoms with Crippen LogP contribution in [0.2, 0.25) is 0 Å². The number of fused-ring (bicyclic) bond motifs is 1. The smallest absolute Gasteiger partial charge is 0.411 e. The molecular formula is C17H21N3O4. The molecule has 1 aliphatic heterocycles. The monoisotopic (exact) mass is 331 g/mol. The largest absolute Gasteiger partial charge is 0.493 e. The van der Waals surface area contributed by atoms with Crippen LogP contribution in [0.1, 0.15) is 23.6 Å². The summed E-state index contributed by atoms with van der Waals surface area (Å²) in [5.41, 5.74) is 2.79. The van der Waals surface area contributed by atoms with E-state index < -0.39 is 6.09 Å². The van der Waals surface area contributed by atoms with Crippen molar-refractivity contribution in [1.82, 2.24) is 9.97 Å². The molecule has 2 N–H and O–H groups in total. The normalized spacial score (nSPS) is 16.1. The van der Waals surface area contributed by atoms with Crippen molar-refractivity contribution in [3.8, 4) is 5.75 Å². The number of benzene rings is 1. The van der Waals surface area contributed by atoms with E-state index in [9.17, 15) is 4.79 Å². The van der Waals surface area contributed by atoms with E-state index in [1.807, 2.05) is 24.4 Å². The minimum atomic E-state index is -0.493. The van der Waals surface area contributed by atoms with Crippen molar-refractivity contribution in [2.45, 2.75) is 18.8 Å². The highest BCUT2D eigenvalue weighted by molar-refractivity contribution is 5.85. The van der Waals surface area contributed by atoms with Crippen LogP contribution in [0.4, 0.5) is 10.5 Å². The molecule has 1 aliphatic rings. The van der Waals surface area contributed by atoms with E-state index in [0.717, 1.165) is 29.8 Å². The predicted molar refractivity (Wildman–Crippen MR) is 88.4 cm³/mol. The molecule has 7 heteroatoms. The summed E-state index contributed by atoms with van der Waals surface area (Å²) in [6.07, 6.45) is 4.85. The minimum absolute atomic E-state index is 0.220. The molecule has 3 rings (SSSR count). The third kappa shape index (κ3) is 4.05. The van der Waals surface area contributed by atoms with Gasteiger partial charge in [-0.1, -0.05) is 0 Å². The van der Waals surface area contributed by atoms with Gasteiger partial charge in [0.1, 0.15) is 12.4 Å². The van der Waals surface area contributed by atoms with Crippen LogP contribution >= 0.6 is 0 Å². The lowest BCUT2D eigenvalue weighted by Crippen LogP contribution is -2.19. The van der Waals surface area contributed by atoms with E-state index in [1.165, 1.54) is 0 Å². The Morgan fingerprint density at radius 3 is 3.17 bits per heavy atom. The SMILES string of the molecule is COCCOC(=O)Nc1ccc2c(c1)C(Cc1c[nH]cn1)CCO2. The maximum atomic E-state index is 11.8. The number of amides is 1. The number of imidazole rings is 1. The Morgan fingerprint density at radius 1 is 1.46 bits per heavy atom. The molecule has 1 atom stereocenters. The molecule has 2 aromatic rings. The Morgan fingerprint density at radius 2 is 2.38 bits per heavy atom. The van der Waals surface area contributed by atoms with Crippen molar-refractivity contribution < 1.29 is 19.0 Å². The molecule has 24 heavy (non-hydrogen) atoms. The first-order valence-electron chi connectivity index (χ1n) is 7.93. The number of ether oxygens (including phenoxy) is 3. The number of aromatic amines is 1. The predicted octanol–water partition coefficient (Wildman–Crippen LogP) is 2.71. The molecule has 0 spiro atoms. The quantitative estimate of drug-likeness (QED) is 0.795. The molecule has 128 valence electrons. The summed E-state index contributed by atoms with van der Waals surface area (Å²) < 4.78 is 15.6. The number of carbonyl (C=O) groups is 1. The zero-order valence-corrected chi connectivity index (χ0v) is 13.6. The summed E-state index contributed by atoms with van der Waals surface area (Å²) in [5.74, 6) is 1.17. The van der Waals surface area contributed by atoms with Crippen LogP contribution in [0.3, 0.4) is 0 Å². The van der Waals surface area contributed by atoms with Gasteiger partial charge in [-0.2, -0.15) is 0 Å². The number of rotatable bonds is 6. The summed E-state index contributed by atoms with van der Waals surface area (Å²) in [6.45, 7) is 1.28. The fraction of sp³-hybridized carbons (Fsp3) is 0.412. The number of hydrogen-bond acceptors (Lipinski definition) is 5. The molecule has 1 unspecified atom stereocenters. The molecule has 1 aromatic carbocycles. The maximum absolute atomic E-state index is 11.8. The third-order valence-electron chi connectivity index (χ3n) is 3.95. The first-order valence-corrected chi connectivity index (χ1v) is 7.93. The highest BCUT2D eigenvalue weighted by Gasteiger charge is 2.23. The lowest BCUT2D eigenvalue weighted by atomic mass is 9.89. The van der Waals surface area contributed by atoms with Crippen LogP contribution < -0.4 is 10.1 Å². The number of nitrogens with one attached hydrogen (secondary N) is 2. The summed E-state index contributed by atoms with van der Waals surface area (Å²) in [5, 5.41) is 2.74. The van der Waals surface area contributed by atoms with Crippen molar-refractivity contribution in [2.75, 3.05) is 32.2 Å². The Balaban J connectivity index is 1.69. The average Bonchev–Trinajstić information content (AvgIpc) is 3.09. The van der Waals surface area contributed by atoms with E-state index in [1.54, 1.807) is 13.4 Å². The molecule has 0 aliphatic carbocycles. The van der Waals surface area contributed by atoms with Gasteiger partial charge in [0.2, 0.25) is 0 Å². The Kier molecular flexibility index (Phi) is 5.32. The van der Waals surface area contributed by atoms with E-state index in [0.29, 0.717) is 24.8 Å². The third-order valence-corrected chi connectivity index (χ3v) is 3.95. The van der Waals surface area contributed by atoms with E-state index >= 15 is 0 Å². The fourth-order valence-corrected chi connectivity index (χ4v) is 2.78. The van der Waals surface area contributed by atoms with Crippen LogP contribution in [0.5, 0.6) is 5.75 Å². The second kappa shape index (κ2) is 7.83. The van der Waals surface area contributed by atoms with Gasteiger partial charge >= 0.3 is 6.09 Å². The number of carbonyl (C=O) groups excluding carboxylic acids is 1. The summed E-state index contributed by atoms with van der Waals surface area (Å²) in [7, 11) is 1.56. The molecule has 0 saturated heterocycles. The molecule has 1 amide bonds. The van der Waals surface area contributed by atoms with Crippen LogP contribution in [-0.2, 0) is 15.9 Å². The topological polar surface area (TPSA) is 85.5 Å². The fourth-order valence-electron chi connectivity index (χ4n) is 2.78. The number of hydrogen-bond donors (Lipinski definition) is 2. The van der Waals surface area contributed by atoms with Crippen LogP contribution in [0.25, 0.3) is 0 Å². The van der Waals surface area contributed by atoms with Crippen molar-refractivity contribution in [2.24, 2.45) is 0 Å². The van der Waals surface area contributed by atoms with Gasteiger partial charge in [0.05, 0.1) is 25.2 Å². The first kappa shape index (κ1) is 16.3. The Hall–Kier alpha value is -2.54. The molecule has 0 bridgehead atoms. The highest BCUT2D eigenvalue weighted by Crippen LogP contribution is 2.37. The standard InChI is InChI=1S/C17H21N3O4/c1-22-6-7-24-17(21)20-13-2-3-16-15(9-13)12(4-5-23-16)8-14-10-18-11-19-14/h2-3,9-12H,4-8H2,1H3,(H,18,19)(H,20,21). The lowest BCUT2D eigenvalue weighted by molar-refractivity contribution is 0.107. The van der Waals surface area contributed by atoms with Gasteiger partial charge < -0.3 is 19.2 Å². The van der Waals surface area contributed by atoms with Crippen molar-refractivity contribution in [1.29, 1.82) is 0 Å². The molecule has 2 heterocycles. The second-order valence-electron chi connectivity index (χ2n) is 5.61. The number of methoxy groups -OCH3 is 1. The van der Waals surface area contributed by atoms with Crippen LogP contribution in [0, 0.1) is 0 Å². The van der Waals surface area contributed by atoms with E-state index in [2.05, 4.69) is 15.3 Å². The number of H-pyrrole nitrogens is 1. The zero-order chi connectivity index (χ0) is 16.8. The van der Waals surface area contributed by atoms with Gasteiger partial charge in [0, 0.05) is 19.0 Å². The number of nitrogens with zero attached hydrogens (tertiary/aromatic N) is 1. The zero-order valence-electron chi connectivity index (χ0n) is 13.6. The number of anilines is 1. The summed E-state index contributed by atoms with van der Waals surface area (Å²) in [4.78, 5) is 19.0. The molecule has 7 nitrogen and oxygen atoms in total. The highest BCUT2D eigenvalue weighted by atomic mass is 16.6. The summed E-state index contributed by atoms with van der Waals surface area (Å²) >= 11 is 0. The molecule has 1 aromatic heterocycles. The van der Waals surface area contributed by atoms with Gasteiger partial charge in [-0.25, -0.2) is 9.78 Å². The second-order valence-corrected chi connectivity index (χ2v) is 5.61. The first-order chi connectivity index (χ1) is 11.8. The van der Waals surface area contributed by atoms with Gasteiger partial charge in [0.25, 0.3) is 0 Å². The number of aromatic nitrogens is 2. The average molecular weight is 331 g/mol. The van der Waals surface area contributed by atoms with Gasteiger partial charge in [-0.05, 0) is 42.5 Å².